The topological polar surface area (TPSA) is 47.6 Å². The van der Waals surface area contributed by atoms with Gasteiger partial charge in [0.15, 0.2) is 11.5 Å². The maximum Gasteiger partial charge on any atom is 0.252 e. The fourth-order valence-electron chi connectivity index (χ4n) is 2.30. The molecular weight excluding hydrogens is 349 g/mol. The Morgan fingerprint density at radius 1 is 1.04 bits per heavy atom. The standard InChI is InChI=1S/C18H19Cl2NO3/c1-23-16-8-5-12(10-17(16)24-2)4-3-9-21-18(22)14-7-6-13(19)11-15(14)20/h5-8,10-11H,3-4,9H2,1-2H3,(H,21,22). The Labute approximate surface area is 151 Å². The number of hydrogen-bond donors (Lipinski definition) is 1. The number of methoxy groups -OCH3 is 2. The molecule has 128 valence electrons. The Hall–Kier alpha value is -1.91. The van der Waals surface area contributed by atoms with Gasteiger partial charge in [-0.15, -0.1) is 0 Å². The Morgan fingerprint density at radius 2 is 1.79 bits per heavy atom. The predicted molar refractivity (Wildman–Crippen MR) is 96.7 cm³/mol. The second kappa shape index (κ2) is 8.81. The van der Waals surface area contributed by atoms with Gasteiger partial charge in [-0.1, -0.05) is 29.3 Å². The van der Waals surface area contributed by atoms with Crippen molar-refractivity contribution in [1.29, 1.82) is 0 Å². The average molecular weight is 368 g/mol. The molecule has 0 radical (unpaired) electrons. The van der Waals surface area contributed by atoms with Crippen molar-refractivity contribution in [2.45, 2.75) is 12.8 Å². The van der Waals surface area contributed by atoms with E-state index in [-0.39, 0.29) is 5.91 Å². The van der Waals surface area contributed by atoms with Crippen LogP contribution in [-0.2, 0) is 6.42 Å². The van der Waals surface area contributed by atoms with Crippen molar-refractivity contribution in [3.8, 4) is 11.5 Å². The van der Waals surface area contributed by atoms with E-state index in [0.717, 1.165) is 18.4 Å². The third-order valence-corrected chi connectivity index (χ3v) is 4.10. The number of hydrogen-bond acceptors (Lipinski definition) is 3. The van der Waals surface area contributed by atoms with E-state index in [9.17, 15) is 4.79 Å². The van der Waals surface area contributed by atoms with Crippen LogP contribution in [0.4, 0.5) is 0 Å². The smallest absolute Gasteiger partial charge is 0.252 e. The van der Waals surface area contributed by atoms with Gasteiger partial charge in [0.2, 0.25) is 0 Å². The van der Waals surface area contributed by atoms with Crippen LogP contribution in [0, 0.1) is 0 Å². The van der Waals surface area contributed by atoms with Crippen LogP contribution >= 0.6 is 23.2 Å². The minimum atomic E-state index is -0.205. The molecule has 0 atom stereocenters. The number of amides is 1. The molecule has 2 aromatic rings. The summed E-state index contributed by atoms with van der Waals surface area (Å²) in [4.78, 5) is 12.1. The molecular formula is C18H19Cl2NO3. The van der Waals surface area contributed by atoms with Crippen molar-refractivity contribution >= 4 is 29.1 Å². The van der Waals surface area contributed by atoms with Gasteiger partial charge in [-0.3, -0.25) is 4.79 Å². The first-order valence-corrected chi connectivity index (χ1v) is 8.25. The lowest BCUT2D eigenvalue weighted by Crippen LogP contribution is -2.25. The van der Waals surface area contributed by atoms with Crippen molar-refractivity contribution < 1.29 is 14.3 Å². The molecule has 24 heavy (non-hydrogen) atoms. The highest BCUT2D eigenvalue weighted by molar-refractivity contribution is 6.36. The van der Waals surface area contributed by atoms with Crippen molar-refractivity contribution in [1.82, 2.24) is 5.32 Å². The van der Waals surface area contributed by atoms with E-state index >= 15 is 0 Å². The minimum absolute atomic E-state index is 0.205. The van der Waals surface area contributed by atoms with Crippen molar-refractivity contribution in [3.05, 3.63) is 57.6 Å². The normalized spacial score (nSPS) is 10.3. The van der Waals surface area contributed by atoms with Gasteiger partial charge in [0.1, 0.15) is 0 Å². The molecule has 0 unspecified atom stereocenters. The zero-order valence-corrected chi connectivity index (χ0v) is 15.1. The van der Waals surface area contributed by atoms with Crippen LogP contribution in [0.5, 0.6) is 11.5 Å². The Bertz CT molecular complexity index is 719. The Balaban J connectivity index is 1.85. The molecule has 0 saturated heterocycles. The lowest BCUT2D eigenvalue weighted by atomic mass is 10.1. The van der Waals surface area contributed by atoms with Gasteiger partial charge in [-0.25, -0.2) is 0 Å². The first-order valence-electron chi connectivity index (χ1n) is 7.49. The van der Waals surface area contributed by atoms with Crippen LogP contribution < -0.4 is 14.8 Å². The number of halogens is 2. The summed E-state index contributed by atoms with van der Waals surface area (Å²) in [7, 11) is 3.21. The van der Waals surface area contributed by atoms with Gasteiger partial charge < -0.3 is 14.8 Å². The quantitative estimate of drug-likeness (QED) is 0.738. The van der Waals surface area contributed by atoms with Crippen LogP contribution in [0.15, 0.2) is 36.4 Å². The molecule has 2 aromatic carbocycles. The van der Waals surface area contributed by atoms with Crippen molar-refractivity contribution in [2.75, 3.05) is 20.8 Å². The van der Waals surface area contributed by atoms with Crippen molar-refractivity contribution in [3.63, 3.8) is 0 Å². The van der Waals surface area contributed by atoms with E-state index in [1.54, 1.807) is 32.4 Å². The van der Waals surface area contributed by atoms with Crippen LogP contribution in [0.25, 0.3) is 0 Å². The molecule has 0 aliphatic rings. The van der Waals surface area contributed by atoms with Gasteiger partial charge in [-0.05, 0) is 48.7 Å². The highest BCUT2D eigenvalue weighted by atomic mass is 35.5. The number of ether oxygens (including phenoxy) is 2. The molecule has 2 rings (SSSR count). The van der Waals surface area contributed by atoms with E-state index in [0.29, 0.717) is 33.7 Å². The lowest BCUT2D eigenvalue weighted by molar-refractivity contribution is 0.0953. The predicted octanol–water partition coefficient (Wildman–Crippen LogP) is 4.37. The molecule has 1 amide bonds. The van der Waals surface area contributed by atoms with Gasteiger partial charge in [0.25, 0.3) is 5.91 Å². The zero-order chi connectivity index (χ0) is 17.5. The SMILES string of the molecule is COc1ccc(CCCNC(=O)c2ccc(Cl)cc2Cl)cc1OC. The van der Waals surface area contributed by atoms with Crippen LogP contribution in [-0.4, -0.2) is 26.7 Å². The summed E-state index contributed by atoms with van der Waals surface area (Å²) < 4.78 is 10.5. The summed E-state index contributed by atoms with van der Waals surface area (Å²) in [6.07, 6.45) is 1.61. The molecule has 0 aliphatic heterocycles. The summed E-state index contributed by atoms with van der Waals surface area (Å²) >= 11 is 11.9. The average Bonchev–Trinajstić information content (AvgIpc) is 2.58. The van der Waals surface area contributed by atoms with E-state index in [1.807, 2.05) is 18.2 Å². The largest absolute Gasteiger partial charge is 0.493 e. The van der Waals surface area contributed by atoms with Crippen molar-refractivity contribution in [2.24, 2.45) is 0 Å². The minimum Gasteiger partial charge on any atom is -0.493 e. The number of aryl methyl sites for hydroxylation is 1. The number of carbonyl (C=O) groups excluding carboxylic acids is 1. The second-order valence-corrected chi connectivity index (χ2v) is 6.02. The number of nitrogens with one attached hydrogen (secondary N) is 1. The van der Waals surface area contributed by atoms with Crippen LogP contribution in [0.3, 0.4) is 0 Å². The number of carbonyl (C=O) groups is 1. The molecule has 6 heteroatoms. The first kappa shape index (κ1) is 18.4. The van der Waals surface area contributed by atoms with E-state index in [1.165, 1.54) is 0 Å². The summed E-state index contributed by atoms with van der Waals surface area (Å²) in [6.45, 7) is 0.548. The molecule has 1 N–H and O–H groups in total. The molecule has 0 saturated carbocycles. The lowest BCUT2D eigenvalue weighted by Gasteiger charge is -2.10. The van der Waals surface area contributed by atoms with Gasteiger partial charge in [0, 0.05) is 11.6 Å². The van der Waals surface area contributed by atoms with Gasteiger partial charge in [-0.2, -0.15) is 0 Å². The highest BCUT2D eigenvalue weighted by Crippen LogP contribution is 2.28. The first-order chi connectivity index (χ1) is 11.5. The van der Waals surface area contributed by atoms with E-state index in [2.05, 4.69) is 5.32 Å². The molecule has 0 fully saturated rings. The molecule has 0 spiro atoms. The molecule has 0 heterocycles. The van der Waals surface area contributed by atoms with Gasteiger partial charge >= 0.3 is 0 Å². The summed E-state index contributed by atoms with van der Waals surface area (Å²) in [5.74, 6) is 1.20. The Kier molecular flexibility index (Phi) is 6.76. The molecule has 0 aromatic heterocycles. The highest BCUT2D eigenvalue weighted by Gasteiger charge is 2.10. The maximum atomic E-state index is 12.1. The monoisotopic (exact) mass is 367 g/mol. The van der Waals surface area contributed by atoms with Crippen LogP contribution in [0.2, 0.25) is 10.0 Å². The summed E-state index contributed by atoms with van der Waals surface area (Å²) in [5, 5.41) is 3.71. The number of rotatable bonds is 7. The maximum absolute atomic E-state index is 12.1. The Morgan fingerprint density at radius 3 is 2.46 bits per heavy atom. The third kappa shape index (κ3) is 4.79. The summed E-state index contributed by atoms with van der Waals surface area (Å²) in [5.41, 5.74) is 1.54. The van der Waals surface area contributed by atoms with E-state index < -0.39 is 0 Å². The molecule has 4 nitrogen and oxygen atoms in total. The third-order valence-electron chi connectivity index (χ3n) is 3.55. The van der Waals surface area contributed by atoms with Gasteiger partial charge in [0.05, 0.1) is 24.8 Å². The number of benzene rings is 2. The van der Waals surface area contributed by atoms with Crippen LogP contribution in [0.1, 0.15) is 22.3 Å². The molecule has 0 aliphatic carbocycles. The fraction of sp³-hybridized carbons (Fsp3) is 0.278. The molecule has 0 bridgehead atoms. The fourth-order valence-corrected chi connectivity index (χ4v) is 2.79. The van der Waals surface area contributed by atoms with E-state index in [4.69, 9.17) is 32.7 Å². The second-order valence-electron chi connectivity index (χ2n) is 5.17. The zero-order valence-electron chi connectivity index (χ0n) is 13.6. The summed E-state index contributed by atoms with van der Waals surface area (Å²) in [6, 6.07) is 10.6.